The molecule has 1 aromatic rings. The summed E-state index contributed by atoms with van der Waals surface area (Å²) < 4.78 is 7.18. The third-order valence-electron chi connectivity index (χ3n) is 2.10. The fraction of sp³-hybridized carbons (Fsp3) is 0.625. The molecular formula is C8H13N3O2. The summed E-state index contributed by atoms with van der Waals surface area (Å²) in [6.45, 7) is 1.29. The molecule has 2 atom stereocenters. The van der Waals surface area contributed by atoms with Gasteiger partial charge in [0.2, 0.25) is 0 Å². The van der Waals surface area contributed by atoms with E-state index in [-0.39, 0.29) is 6.10 Å². The molecular weight excluding hydrogens is 170 g/mol. The van der Waals surface area contributed by atoms with E-state index in [1.807, 2.05) is 7.05 Å². The highest BCUT2D eigenvalue weighted by atomic mass is 16.5. The summed E-state index contributed by atoms with van der Waals surface area (Å²) in [5, 5.41) is 16.5. The number of aliphatic hydroxyl groups is 1. The standard InChI is InChI=1S/C8H13N3O2/c1-11-5-6(2-10-11)13-8-4-9-3-7(8)12/h2,5,7-9,12H,3-4H2,1H3. The number of aliphatic hydroxyl groups excluding tert-OH is 1. The fourth-order valence-electron chi connectivity index (χ4n) is 1.40. The lowest BCUT2D eigenvalue weighted by atomic mass is 10.3. The lowest BCUT2D eigenvalue weighted by Gasteiger charge is -2.13. The highest BCUT2D eigenvalue weighted by Crippen LogP contribution is 2.13. The highest BCUT2D eigenvalue weighted by Gasteiger charge is 2.26. The van der Waals surface area contributed by atoms with Crippen molar-refractivity contribution in [3.05, 3.63) is 12.4 Å². The first-order chi connectivity index (χ1) is 6.25. The monoisotopic (exact) mass is 183 g/mol. The number of nitrogens with zero attached hydrogens (tertiary/aromatic N) is 2. The Hall–Kier alpha value is -1.07. The average molecular weight is 183 g/mol. The Balaban J connectivity index is 1.97. The summed E-state index contributed by atoms with van der Waals surface area (Å²) in [6.07, 6.45) is 2.86. The first-order valence-corrected chi connectivity index (χ1v) is 4.30. The summed E-state index contributed by atoms with van der Waals surface area (Å²) in [7, 11) is 1.83. The van der Waals surface area contributed by atoms with Crippen molar-refractivity contribution in [1.82, 2.24) is 15.1 Å². The second-order valence-electron chi connectivity index (χ2n) is 3.23. The molecule has 2 rings (SSSR count). The Morgan fingerprint density at radius 2 is 2.54 bits per heavy atom. The molecule has 5 heteroatoms. The van der Waals surface area contributed by atoms with Crippen molar-refractivity contribution in [1.29, 1.82) is 0 Å². The number of aryl methyl sites for hydroxylation is 1. The van der Waals surface area contributed by atoms with Gasteiger partial charge in [0.1, 0.15) is 12.2 Å². The fourth-order valence-corrected chi connectivity index (χ4v) is 1.40. The van der Waals surface area contributed by atoms with Gasteiger partial charge in [-0.25, -0.2) is 0 Å². The Morgan fingerprint density at radius 1 is 1.69 bits per heavy atom. The predicted molar refractivity (Wildman–Crippen MR) is 46.5 cm³/mol. The molecule has 0 amide bonds. The van der Waals surface area contributed by atoms with E-state index in [1.165, 1.54) is 0 Å². The third kappa shape index (κ3) is 1.81. The van der Waals surface area contributed by atoms with E-state index >= 15 is 0 Å². The number of nitrogens with one attached hydrogen (secondary N) is 1. The van der Waals surface area contributed by atoms with Crippen molar-refractivity contribution >= 4 is 0 Å². The molecule has 13 heavy (non-hydrogen) atoms. The van der Waals surface area contributed by atoms with Gasteiger partial charge in [0.05, 0.1) is 12.4 Å². The largest absolute Gasteiger partial charge is 0.483 e. The van der Waals surface area contributed by atoms with E-state index in [2.05, 4.69) is 10.4 Å². The maximum atomic E-state index is 9.44. The molecule has 0 aliphatic carbocycles. The third-order valence-corrected chi connectivity index (χ3v) is 2.10. The second kappa shape index (κ2) is 3.35. The van der Waals surface area contributed by atoms with Crippen LogP contribution in [0.1, 0.15) is 0 Å². The molecule has 0 bridgehead atoms. The number of hydrogen-bond acceptors (Lipinski definition) is 4. The van der Waals surface area contributed by atoms with Gasteiger partial charge in [-0.2, -0.15) is 5.10 Å². The lowest BCUT2D eigenvalue weighted by molar-refractivity contribution is 0.0737. The molecule has 1 saturated heterocycles. The van der Waals surface area contributed by atoms with Gasteiger partial charge in [0.25, 0.3) is 0 Å². The van der Waals surface area contributed by atoms with Crippen LogP contribution in [0.25, 0.3) is 0 Å². The number of β-amino-alcohol motifs (C(OH)–C–C–N with tert-alkyl or cyclic N) is 1. The number of aromatic nitrogens is 2. The van der Waals surface area contributed by atoms with Gasteiger partial charge in [-0.05, 0) is 0 Å². The topological polar surface area (TPSA) is 59.3 Å². The first kappa shape index (κ1) is 8.52. The van der Waals surface area contributed by atoms with Crippen molar-refractivity contribution in [3.63, 3.8) is 0 Å². The maximum Gasteiger partial charge on any atom is 0.157 e. The highest BCUT2D eigenvalue weighted by molar-refractivity contribution is 5.12. The van der Waals surface area contributed by atoms with Crippen LogP contribution in [-0.2, 0) is 7.05 Å². The van der Waals surface area contributed by atoms with Crippen LogP contribution >= 0.6 is 0 Å². The van der Waals surface area contributed by atoms with Crippen molar-refractivity contribution in [2.75, 3.05) is 13.1 Å². The molecule has 5 nitrogen and oxygen atoms in total. The van der Waals surface area contributed by atoms with Gasteiger partial charge in [-0.1, -0.05) is 0 Å². The zero-order valence-electron chi connectivity index (χ0n) is 7.47. The minimum absolute atomic E-state index is 0.149. The molecule has 1 aliphatic rings. The molecule has 72 valence electrons. The maximum absolute atomic E-state index is 9.44. The smallest absolute Gasteiger partial charge is 0.157 e. The molecule has 0 saturated carbocycles. The minimum Gasteiger partial charge on any atom is -0.483 e. The van der Waals surface area contributed by atoms with Gasteiger partial charge in [-0.3, -0.25) is 4.68 Å². The minimum atomic E-state index is -0.416. The molecule has 1 fully saturated rings. The Kier molecular flexibility index (Phi) is 2.20. The molecule has 1 aliphatic heterocycles. The molecule has 2 heterocycles. The second-order valence-corrected chi connectivity index (χ2v) is 3.23. The van der Waals surface area contributed by atoms with Crippen LogP contribution in [0.3, 0.4) is 0 Å². The van der Waals surface area contributed by atoms with Crippen molar-refractivity contribution in [3.8, 4) is 5.75 Å². The molecule has 1 aromatic heterocycles. The number of rotatable bonds is 2. The Morgan fingerprint density at radius 3 is 3.08 bits per heavy atom. The summed E-state index contributed by atoms with van der Waals surface area (Å²) in [4.78, 5) is 0. The van der Waals surface area contributed by atoms with Gasteiger partial charge < -0.3 is 15.2 Å². The average Bonchev–Trinajstić information content (AvgIpc) is 2.64. The van der Waals surface area contributed by atoms with Crippen LogP contribution in [0.5, 0.6) is 5.75 Å². The van der Waals surface area contributed by atoms with Gasteiger partial charge >= 0.3 is 0 Å². The van der Waals surface area contributed by atoms with Crippen LogP contribution < -0.4 is 10.1 Å². The van der Waals surface area contributed by atoms with Crippen molar-refractivity contribution < 1.29 is 9.84 Å². The van der Waals surface area contributed by atoms with Crippen LogP contribution in [-0.4, -0.2) is 40.2 Å². The number of ether oxygens (including phenoxy) is 1. The van der Waals surface area contributed by atoms with Crippen LogP contribution in [0, 0.1) is 0 Å². The zero-order valence-corrected chi connectivity index (χ0v) is 7.47. The van der Waals surface area contributed by atoms with Gasteiger partial charge in [0, 0.05) is 20.1 Å². The van der Waals surface area contributed by atoms with Crippen LogP contribution in [0.15, 0.2) is 12.4 Å². The number of hydrogen-bond donors (Lipinski definition) is 2. The summed E-state index contributed by atoms with van der Waals surface area (Å²) in [5.74, 6) is 0.704. The zero-order chi connectivity index (χ0) is 9.26. The Bertz CT molecular complexity index is 287. The quantitative estimate of drug-likeness (QED) is 0.626. The van der Waals surface area contributed by atoms with Crippen LogP contribution in [0.4, 0.5) is 0 Å². The summed E-state index contributed by atoms with van der Waals surface area (Å²) in [5.41, 5.74) is 0. The van der Waals surface area contributed by atoms with E-state index in [0.29, 0.717) is 18.8 Å². The molecule has 2 N–H and O–H groups in total. The first-order valence-electron chi connectivity index (χ1n) is 4.30. The van der Waals surface area contributed by atoms with E-state index in [9.17, 15) is 5.11 Å². The van der Waals surface area contributed by atoms with E-state index < -0.39 is 6.10 Å². The van der Waals surface area contributed by atoms with E-state index in [0.717, 1.165) is 0 Å². The lowest BCUT2D eigenvalue weighted by Crippen LogP contribution is -2.29. The van der Waals surface area contributed by atoms with Crippen molar-refractivity contribution in [2.45, 2.75) is 12.2 Å². The SMILES string of the molecule is Cn1cc(OC2CNCC2O)cn1. The summed E-state index contributed by atoms with van der Waals surface area (Å²) in [6, 6.07) is 0. The van der Waals surface area contributed by atoms with E-state index in [4.69, 9.17) is 4.74 Å². The Labute approximate surface area is 76.3 Å². The normalized spacial score (nSPS) is 27.8. The summed E-state index contributed by atoms with van der Waals surface area (Å²) >= 11 is 0. The van der Waals surface area contributed by atoms with Crippen LogP contribution in [0.2, 0.25) is 0 Å². The predicted octanol–water partition coefficient (Wildman–Crippen LogP) is -0.868. The van der Waals surface area contributed by atoms with Gasteiger partial charge in [-0.15, -0.1) is 0 Å². The van der Waals surface area contributed by atoms with Gasteiger partial charge in [0.15, 0.2) is 5.75 Å². The van der Waals surface area contributed by atoms with E-state index in [1.54, 1.807) is 17.1 Å². The van der Waals surface area contributed by atoms with Crippen molar-refractivity contribution in [2.24, 2.45) is 7.05 Å². The molecule has 0 spiro atoms. The molecule has 0 radical (unpaired) electrons. The molecule has 0 aromatic carbocycles. The molecule has 2 unspecified atom stereocenters.